The van der Waals surface area contributed by atoms with Gasteiger partial charge in [-0.05, 0) is 67.3 Å². The van der Waals surface area contributed by atoms with Crippen LogP contribution in [0.4, 0.5) is 11.4 Å². The Kier molecular flexibility index (Phi) is 6.19. The summed E-state index contributed by atoms with van der Waals surface area (Å²) in [5, 5.41) is 0. The first-order chi connectivity index (χ1) is 15.4. The lowest BCUT2D eigenvalue weighted by Crippen LogP contribution is -2.35. The Morgan fingerprint density at radius 1 is 1.03 bits per heavy atom. The SMILES string of the molecule is Cc1cc(S(=O)(=O)N2CCCc3ccccc32)ccc1OCC(=O)N(C)c1ccccc1. The predicted octanol–water partition coefficient (Wildman–Crippen LogP) is 4.18. The maximum Gasteiger partial charge on any atom is 0.264 e. The van der Waals surface area contributed by atoms with Crippen LogP contribution >= 0.6 is 0 Å². The molecule has 3 aromatic rings. The zero-order valence-electron chi connectivity index (χ0n) is 18.2. The molecule has 1 heterocycles. The minimum Gasteiger partial charge on any atom is -0.483 e. The minimum atomic E-state index is -3.69. The number of aryl methyl sites for hydroxylation is 2. The van der Waals surface area contributed by atoms with E-state index in [1.165, 1.54) is 9.21 Å². The van der Waals surface area contributed by atoms with Gasteiger partial charge in [-0.25, -0.2) is 8.42 Å². The molecule has 0 radical (unpaired) electrons. The monoisotopic (exact) mass is 450 g/mol. The summed E-state index contributed by atoms with van der Waals surface area (Å²) in [5.74, 6) is 0.287. The highest BCUT2D eigenvalue weighted by molar-refractivity contribution is 7.92. The summed E-state index contributed by atoms with van der Waals surface area (Å²) in [5.41, 5.74) is 3.22. The molecule has 0 N–H and O–H groups in total. The van der Waals surface area contributed by atoms with Crippen molar-refractivity contribution < 1.29 is 17.9 Å². The van der Waals surface area contributed by atoms with Crippen molar-refractivity contribution in [2.75, 3.05) is 29.4 Å². The van der Waals surface area contributed by atoms with Gasteiger partial charge in [-0.15, -0.1) is 0 Å². The van der Waals surface area contributed by atoms with Crippen LogP contribution in [-0.2, 0) is 21.2 Å². The molecule has 0 fully saturated rings. The lowest BCUT2D eigenvalue weighted by Gasteiger charge is -2.30. The number of hydrogen-bond donors (Lipinski definition) is 0. The molecule has 4 rings (SSSR count). The fraction of sp³-hybridized carbons (Fsp3) is 0.240. The van der Waals surface area contributed by atoms with Crippen LogP contribution in [0.3, 0.4) is 0 Å². The smallest absolute Gasteiger partial charge is 0.264 e. The molecule has 1 aliphatic rings. The number of carbonyl (C=O) groups is 1. The highest BCUT2D eigenvalue weighted by Crippen LogP contribution is 2.33. The van der Waals surface area contributed by atoms with Gasteiger partial charge < -0.3 is 9.64 Å². The fourth-order valence-corrected chi connectivity index (χ4v) is 5.48. The fourth-order valence-electron chi connectivity index (χ4n) is 3.85. The number of carbonyl (C=O) groups excluding carboxylic acids is 1. The van der Waals surface area contributed by atoms with E-state index in [1.54, 1.807) is 32.2 Å². The number of nitrogens with zero attached hydrogens (tertiary/aromatic N) is 2. The molecule has 0 bridgehead atoms. The molecule has 0 spiro atoms. The van der Waals surface area contributed by atoms with E-state index >= 15 is 0 Å². The summed E-state index contributed by atoms with van der Waals surface area (Å²) in [6, 6.07) is 21.7. The van der Waals surface area contributed by atoms with E-state index in [0.717, 1.165) is 29.8 Å². The van der Waals surface area contributed by atoms with Gasteiger partial charge in [-0.2, -0.15) is 0 Å². The van der Waals surface area contributed by atoms with E-state index in [4.69, 9.17) is 4.74 Å². The molecular formula is C25H26N2O4S. The molecule has 0 unspecified atom stereocenters. The predicted molar refractivity (Wildman–Crippen MR) is 126 cm³/mol. The van der Waals surface area contributed by atoms with Gasteiger partial charge >= 0.3 is 0 Å². The lowest BCUT2D eigenvalue weighted by molar-refractivity contribution is -0.120. The number of sulfonamides is 1. The minimum absolute atomic E-state index is 0.141. The first kappa shape index (κ1) is 21.9. The Morgan fingerprint density at radius 2 is 1.75 bits per heavy atom. The van der Waals surface area contributed by atoms with Gasteiger partial charge in [0.15, 0.2) is 6.61 Å². The van der Waals surface area contributed by atoms with Crippen LogP contribution < -0.4 is 13.9 Å². The van der Waals surface area contributed by atoms with Crippen LogP contribution in [-0.4, -0.2) is 34.5 Å². The van der Waals surface area contributed by atoms with Crippen LogP contribution in [0.5, 0.6) is 5.75 Å². The number of benzene rings is 3. The lowest BCUT2D eigenvalue weighted by atomic mass is 10.0. The largest absolute Gasteiger partial charge is 0.483 e. The van der Waals surface area contributed by atoms with Gasteiger partial charge in [-0.1, -0.05) is 36.4 Å². The standard InChI is InChI=1S/C25H26N2O4S/c1-19-17-22(32(29,30)27-16-8-10-20-9-6-7-13-23(20)27)14-15-24(19)31-18-25(28)26(2)21-11-4-3-5-12-21/h3-7,9,11-15,17H,8,10,16,18H2,1-2H3. The summed E-state index contributed by atoms with van der Waals surface area (Å²) >= 11 is 0. The van der Waals surface area contributed by atoms with Crippen molar-refractivity contribution in [3.63, 3.8) is 0 Å². The molecule has 3 aromatic carbocycles. The van der Waals surface area contributed by atoms with Gasteiger partial charge in [-0.3, -0.25) is 9.10 Å². The van der Waals surface area contributed by atoms with Crippen LogP contribution in [0, 0.1) is 6.92 Å². The average Bonchev–Trinajstić information content (AvgIpc) is 2.82. The van der Waals surface area contributed by atoms with Gasteiger partial charge in [0.05, 0.1) is 10.6 Å². The molecule has 0 atom stereocenters. The normalized spacial score (nSPS) is 13.4. The zero-order chi connectivity index (χ0) is 22.7. The van der Waals surface area contributed by atoms with E-state index in [-0.39, 0.29) is 17.4 Å². The maximum atomic E-state index is 13.4. The van der Waals surface area contributed by atoms with E-state index in [0.29, 0.717) is 17.9 Å². The van der Waals surface area contributed by atoms with Crippen molar-refractivity contribution in [2.24, 2.45) is 0 Å². The summed E-state index contributed by atoms with van der Waals surface area (Å²) < 4.78 is 33.9. The summed E-state index contributed by atoms with van der Waals surface area (Å²) in [6.07, 6.45) is 1.66. The van der Waals surface area contributed by atoms with Crippen molar-refractivity contribution in [2.45, 2.75) is 24.7 Å². The van der Waals surface area contributed by atoms with Crippen LogP contribution in [0.1, 0.15) is 17.5 Å². The van der Waals surface area contributed by atoms with Crippen LogP contribution in [0.25, 0.3) is 0 Å². The van der Waals surface area contributed by atoms with Crippen molar-refractivity contribution in [1.82, 2.24) is 0 Å². The number of rotatable bonds is 6. The van der Waals surface area contributed by atoms with Gasteiger partial charge in [0.25, 0.3) is 15.9 Å². The third-order valence-corrected chi connectivity index (χ3v) is 7.48. The second-order valence-electron chi connectivity index (χ2n) is 7.81. The molecule has 32 heavy (non-hydrogen) atoms. The number of fused-ring (bicyclic) bond motifs is 1. The molecule has 0 aliphatic carbocycles. The van der Waals surface area contributed by atoms with E-state index in [9.17, 15) is 13.2 Å². The molecule has 7 heteroatoms. The molecule has 0 saturated heterocycles. The molecule has 1 amide bonds. The number of hydrogen-bond acceptors (Lipinski definition) is 4. The summed E-state index contributed by atoms with van der Waals surface area (Å²) in [4.78, 5) is 14.2. The van der Waals surface area contributed by atoms with E-state index in [2.05, 4.69) is 0 Å². The highest BCUT2D eigenvalue weighted by Gasteiger charge is 2.29. The van der Waals surface area contributed by atoms with Gasteiger partial charge in [0, 0.05) is 19.3 Å². The van der Waals surface area contributed by atoms with Crippen molar-refractivity contribution in [3.8, 4) is 5.75 Å². The van der Waals surface area contributed by atoms with Crippen molar-refractivity contribution in [1.29, 1.82) is 0 Å². The number of ether oxygens (including phenoxy) is 1. The van der Waals surface area contributed by atoms with Crippen molar-refractivity contribution in [3.05, 3.63) is 83.9 Å². The zero-order valence-corrected chi connectivity index (χ0v) is 19.0. The third-order valence-electron chi connectivity index (χ3n) is 5.67. The molecule has 0 saturated carbocycles. The molecule has 0 aromatic heterocycles. The quantitative estimate of drug-likeness (QED) is 0.565. The summed E-state index contributed by atoms with van der Waals surface area (Å²) in [6.45, 7) is 2.10. The van der Waals surface area contributed by atoms with Gasteiger partial charge in [0.1, 0.15) is 5.75 Å². The molecular weight excluding hydrogens is 424 g/mol. The Bertz CT molecular complexity index is 1230. The van der Waals surface area contributed by atoms with E-state index in [1.807, 2.05) is 54.6 Å². The first-order valence-corrected chi connectivity index (χ1v) is 12.0. The van der Waals surface area contributed by atoms with Crippen molar-refractivity contribution >= 4 is 27.3 Å². The van der Waals surface area contributed by atoms with Crippen LogP contribution in [0.15, 0.2) is 77.7 Å². The Balaban J connectivity index is 1.49. The topological polar surface area (TPSA) is 66.9 Å². The van der Waals surface area contributed by atoms with E-state index < -0.39 is 10.0 Å². The van der Waals surface area contributed by atoms with Crippen LogP contribution in [0.2, 0.25) is 0 Å². The molecule has 166 valence electrons. The molecule has 6 nitrogen and oxygen atoms in total. The first-order valence-electron chi connectivity index (χ1n) is 10.5. The number of amides is 1. The Morgan fingerprint density at radius 3 is 2.50 bits per heavy atom. The number of para-hydroxylation sites is 2. The second-order valence-corrected chi connectivity index (χ2v) is 9.68. The molecule has 1 aliphatic heterocycles. The Labute approximate surface area is 189 Å². The second kappa shape index (κ2) is 9.04. The number of anilines is 2. The van der Waals surface area contributed by atoms with Gasteiger partial charge in [0.2, 0.25) is 0 Å². The highest BCUT2D eigenvalue weighted by atomic mass is 32.2. The summed E-state index contributed by atoms with van der Waals surface area (Å²) in [7, 11) is -2.00. The maximum absolute atomic E-state index is 13.4. The number of likely N-dealkylation sites (N-methyl/N-ethyl adjacent to an activating group) is 1. The average molecular weight is 451 g/mol. The Hall–Kier alpha value is -3.32. The third kappa shape index (κ3) is 4.34.